The number of sulfone groups is 1. The topological polar surface area (TPSA) is 111 Å². The van der Waals surface area contributed by atoms with Crippen LogP contribution in [0.25, 0.3) is 11.4 Å². The molecular weight excluding hydrogens is 390 g/mol. The third kappa shape index (κ3) is 3.69. The number of nitrogens with two attached hydrogens (primary N) is 1. The number of morpholine rings is 1. The molecule has 29 heavy (non-hydrogen) atoms. The van der Waals surface area contributed by atoms with Crippen LogP contribution in [0, 0.1) is 0 Å². The van der Waals surface area contributed by atoms with E-state index in [0.29, 0.717) is 55.5 Å². The molecular formula is C20H27N5O3S. The highest BCUT2D eigenvalue weighted by atomic mass is 32.2. The molecule has 0 amide bonds. The first kappa shape index (κ1) is 20.0. The van der Waals surface area contributed by atoms with Crippen molar-refractivity contribution in [2.24, 2.45) is 0 Å². The van der Waals surface area contributed by atoms with Gasteiger partial charge >= 0.3 is 0 Å². The highest BCUT2D eigenvalue weighted by molar-refractivity contribution is 7.91. The van der Waals surface area contributed by atoms with E-state index in [4.69, 9.17) is 20.4 Å². The molecule has 0 radical (unpaired) electrons. The number of nitrogens with zero attached hydrogens (tertiary/aromatic N) is 4. The molecule has 8 nitrogen and oxygen atoms in total. The van der Waals surface area contributed by atoms with Crippen LogP contribution in [0.3, 0.4) is 0 Å². The maximum absolute atomic E-state index is 12.9. The fraction of sp³-hybridized carbons (Fsp3) is 0.550. The fourth-order valence-electron chi connectivity index (χ4n) is 4.31. The zero-order chi connectivity index (χ0) is 20.6. The summed E-state index contributed by atoms with van der Waals surface area (Å²) in [7, 11) is -3.35. The lowest BCUT2D eigenvalue weighted by atomic mass is 10.0. The molecule has 2 N–H and O–H groups in total. The molecule has 2 aromatic rings. The fourth-order valence-corrected chi connectivity index (χ4v) is 5.83. The predicted molar refractivity (Wildman–Crippen MR) is 112 cm³/mol. The third-order valence-electron chi connectivity index (χ3n) is 6.01. The Morgan fingerprint density at radius 1 is 1.24 bits per heavy atom. The Morgan fingerprint density at radius 3 is 2.62 bits per heavy atom. The molecule has 2 aromatic heterocycles. The van der Waals surface area contributed by atoms with E-state index in [-0.39, 0.29) is 6.04 Å². The van der Waals surface area contributed by atoms with Gasteiger partial charge in [0.1, 0.15) is 16.4 Å². The van der Waals surface area contributed by atoms with Crippen molar-refractivity contribution >= 4 is 21.5 Å². The molecule has 2 aliphatic rings. The molecule has 9 heteroatoms. The Labute approximate surface area is 171 Å². The van der Waals surface area contributed by atoms with E-state index in [9.17, 15) is 8.42 Å². The van der Waals surface area contributed by atoms with Crippen molar-refractivity contribution in [3.8, 4) is 11.4 Å². The normalized spacial score (nSPS) is 22.0. The minimum absolute atomic E-state index is 0.140. The number of nitrogen functional groups attached to an aromatic ring is 1. The molecule has 1 aliphatic carbocycles. The number of aromatic nitrogens is 3. The number of pyridine rings is 1. The van der Waals surface area contributed by atoms with Crippen LogP contribution in [0.4, 0.5) is 11.6 Å². The molecule has 0 spiro atoms. The first-order valence-corrected chi connectivity index (χ1v) is 11.8. The van der Waals surface area contributed by atoms with Crippen LogP contribution in [0.2, 0.25) is 0 Å². The Kier molecular flexibility index (Phi) is 5.20. The van der Waals surface area contributed by atoms with Gasteiger partial charge in [-0.3, -0.25) is 0 Å². The summed E-state index contributed by atoms with van der Waals surface area (Å²) < 4.78 is 30.4. The Hall–Kier alpha value is -2.26. The van der Waals surface area contributed by atoms with Crippen LogP contribution in [-0.2, 0) is 19.3 Å². The largest absolute Gasteiger partial charge is 0.384 e. The van der Waals surface area contributed by atoms with E-state index in [2.05, 4.69) is 16.8 Å². The zero-order valence-corrected chi connectivity index (χ0v) is 17.7. The Morgan fingerprint density at radius 2 is 2.00 bits per heavy atom. The number of anilines is 2. The van der Waals surface area contributed by atoms with Crippen molar-refractivity contribution < 1.29 is 13.2 Å². The molecule has 156 valence electrons. The van der Waals surface area contributed by atoms with Gasteiger partial charge in [-0.2, -0.15) is 0 Å². The van der Waals surface area contributed by atoms with E-state index >= 15 is 0 Å². The first-order chi connectivity index (χ1) is 13.8. The number of hydrogen-bond acceptors (Lipinski definition) is 8. The van der Waals surface area contributed by atoms with Gasteiger partial charge in [0, 0.05) is 30.6 Å². The van der Waals surface area contributed by atoms with Crippen LogP contribution in [0.5, 0.6) is 0 Å². The van der Waals surface area contributed by atoms with Crippen molar-refractivity contribution in [2.45, 2.75) is 43.4 Å². The summed E-state index contributed by atoms with van der Waals surface area (Å²) in [6.45, 7) is 3.99. The molecule has 1 aliphatic heterocycles. The summed E-state index contributed by atoms with van der Waals surface area (Å²) in [5.41, 5.74) is 7.01. The van der Waals surface area contributed by atoms with Gasteiger partial charge in [-0.15, -0.1) is 0 Å². The van der Waals surface area contributed by atoms with Gasteiger partial charge in [0.2, 0.25) is 0 Å². The van der Waals surface area contributed by atoms with Gasteiger partial charge in [0.15, 0.2) is 15.7 Å². The van der Waals surface area contributed by atoms with Gasteiger partial charge in [0.25, 0.3) is 0 Å². The summed E-state index contributed by atoms with van der Waals surface area (Å²) >= 11 is 0. The van der Waals surface area contributed by atoms with Crippen LogP contribution in [0.15, 0.2) is 24.4 Å². The molecule has 2 fully saturated rings. The van der Waals surface area contributed by atoms with Crippen molar-refractivity contribution in [3.63, 3.8) is 0 Å². The maximum Gasteiger partial charge on any atom is 0.163 e. The first-order valence-electron chi connectivity index (χ1n) is 9.96. The second-order valence-corrected chi connectivity index (χ2v) is 10.3. The maximum atomic E-state index is 12.9. The van der Waals surface area contributed by atoms with Gasteiger partial charge in [-0.25, -0.2) is 23.4 Å². The third-order valence-corrected chi connectivity index (χ3v) is 8.04. The van der Waals surface area contributed by atoms with E-state index in [1.165, 1.54) is 6.26 Å². The molecule has 3 heterocycles. The molecule has 0 unspecified atom stereocenters. The number of rotatable bonds is 4. The van der Waals surface area contributed by atoms with Gasteiger partial charge < -0.3 is 15.4 Å². The smallest absolute Gasteiger partial charge is 0.163 e. The minimum atomic E-state index is -3.35. The molecule has 0 bridgehead atoms. The lowest BCUT2D eigenvalue weighted by Crippen LogP contribution is -2.44. The number of hydrogen-bond donors (Lipinski definition) is 1. The van der Waals surface area contributed by atoms with E-state index in [1.54, 1.807) is 12.3 Å². The minimum Gasteiger partial charge on any atom is -0.384 e. The zero-order valence-electron chi connectivity index (χ0n) is 16.8. The molecule has 1 saturated carbocycles. The monoisotopic (exact) mass is 417 g/mol. The summed E-state index contributed by atoms with van der Waals surface area (Å²) in [5, 5.41) is 0. The highest BCUT2D eigenvalue weighted by Crippen LogP contribution is 2.45. The van der Waals surface area contributed by atoms with Crippen molar-refractivity contribution in [1.29, 1.82) is 0 Å². The summed E-state index contributed by atoms with van der Waals surface area (Å²) in [5.74, 6) is 1.61. The highest BCUT2D eigenvalue weighted by Gasteiger charge is 2.47. The lowest BCUT2D eigenvalue weighted by Gasteiger charge is -2.35. The second-order valence-electron chi connectivity index (χ2n) is 8.00. The van der Waals surface area contributed by atoms with Crippen LogP contribution >= 0.6 is 0 Å². The van der Waals surface area contributed by atoms with Gasteiger partial charge in [-0.1, -0.05) is 12.8 Å². The second kappa shape index (κ2) is 7.53. The average Bonchev–Trinajstić information content (AvgIpc) is 3.20. The van der Waals surface area contributed by atoms with E-state index in [0.717, 1.165) is 18.7 Å². The van der Waals surface area contributed by atoms with Gasteiger partial charge in [0.05, 0.1) is 24.9 Å². The Bertz CT molecular complexity index is 988. The van der Waals surface area contributed by atoms with Crippen LogP contribution in [0.1, 0.15) is 38.3 Å². The standard InChI is InChI=1S/C20H27N5O3S/c1-14-13-28-10-9-25(14)18-11-16(20(29(2,26)27)7-3-4-8-20)23-19(24-18)15-5-6-17(21)22-12-15/h5-6,11-12,14H,3-4,7-10,13H2,1-2H3,(H2,21,22)/t14-/m0/s1. The van der Waals surface area contributed by atoms with E-state index in [1.807, 2.05) is 12.1 Å². The molecule has 1 atom stereocenters. The number of ether oxygens (including phenoxy) is 1. The van der Waals surface area contributed by atoms with Gasteiger partial charge in [-0.05, 0) is 31.9 Å². The van der Waals surface area contributed by atoms with E-state index < -0.39 is 14.6 Å². The predicted octanol–water partition coefficient (Wildman–Crippen LogP) is 2.16. The lowest BCUT2D eigenvalue weighted by molar-refractivity contribution is 0.0985. The summed E-state index contributed by atoms with van der Waals surface area (Å²) in [6, 6.07) is 5.52. The van der Waals surface area contributed by atoms with Crippen LogP contribution in [-0.4, -0.2) is 55.4 Å². The molecule has 4 rings (SSSR count). The summed E-state index contributed by atoms with van der Waals surface area (Å²) in [4.78, 5) is 15.8. The van der Waals surface area contributed by atoms with Crippen molar-refractivity contribution in [1.82, 2.24) is 15.0 Å². The quantitative estimate of drug-likeness (QED) is 0.805. The summed E-state index contributed by atoms with van der Waals surface area (Å²) in [6.07, 6.45) is 5.86. The van der Waals surface area contributed by atoms with Crippen molar-refractivity contribution in [2.75, 3.05) is 36.6 Å². The van der Waals surface area contributed by atoms with Crippen molar-refractivity contribution in [3.05, 3.63) is 30.1 Å². The molecule has 1 saturated heterocycles. The SMILES string of the molecule is C[C@H]1COCCN1c1cc(C2(S(C)(=O)=O)CCCC2)nc(-c2ccc(N)nc2)n1. The van der Waals surface area contributed by atoms with Crippen LogP contribution < -0.4 is 10.6 Å². The average molecular weight is 418 g/mol. The molecule has 0 aromatic carbocycles. The Balaban J connectivity index is 1.89.